The summed E-state index contributed by atoms with van der Waals surface area (Å²) < 4.78 is 6.33. The Labute approximate surface area is 115 Å². The van der Waals surface area contributed by atoms with Gasteiger partial charge in [-0.25, -0.2) is 4.98 Å². The topological polar surface area (TPSA) is 47.9 Å². The lowest BCUT2D eigenvalue weighted by Gasteiger charge is -1.96. The molecule has 5 heteroatoms. The summed E-state index contributed by atoms with van der Waals surface area (Å²) in [7, 11) is 1.66. The second-order valence-corrected chi connectivity index (χ2v) is 5.15. The molecule has 19 heavy (non-hydrogen) atoms. The van der Waals surface area contributed by atoms with Gasteiger partial charge in [0.15, 0.2) is 0 Å². The minimum atomic E-state index is 0.816. The van der Waals surface area contributed by atoms with Crippen molar-refractivity contribution in [3.8, 4) is 16.5 Å². The van der Waals surface area contributed by atoms with E-state index in [0.717, 1.165) is 38.8 Å². The van der Waals surface area contributed by atoms with E-state index in [1.165, 1.54) is 0 Å². The number of hydrogen-bond donors (Lipinski definition) is 0. The summed E-state index contributed by atoms with van der Waals surface area (Å²) in [5, 5.41) is 9.28. The number of hydrogen-bond acceptors (Lipinski definition) is 5. The van der Waals surface area contributed by atoms with E-state index in [-0.39, 0.29) is 0 Å². The van der Waals surface area contributed by atoms with Crippen LogP contribution in [0.3, 0.4) is 0 Å². The van der Waals surface area contributed by atoms with Crippen molar-refractivity contribution in [2.24, 2.45) is 0 Å². The fourth-order valence-electron chi connectivity index (χ4n) is 1.81. The van der Waals surface area contributed by atoms with Gasteiger partial charge >= 0.3 is 0 Å². The monoisotopic (exact) mass is 271 g/mol. The Morgan fingerprint density at radius 2 is 2.05 bits per heavy atom. The molecule has 0 saturated heterocycles. The van der Waals surface area contributed by atoms with Gasteiger partial charge in [0.25, 0.3) is 0 Å². The number of benzene rings is 1. The fourth-order valence-corrected chi connectivity index (χ4v) is 2.72. The predicted molar refractivity (Wildman–Crippen MR) is 76.6 cm³/mol. The van der Waals surface area contributed by atoms with E-state index < -0.39 is 0 Å². The third-order valence-electron chi connectivity index (χ3n) is 2.90. The van der Waals surface area contributed by atoms with Gasteiger partial charge in [-0.1, -0.05) is 6.92 Å². The van der Waals surface area contributed by atoms with Crippen LogP contribution in [0.15, 0.2) is 30.3 Å². The maximum absolute atomic E-state index is 5.20. The van der Waals surface area contributed by atoms with Crippen molar-refractivity contribution in [3.63, 3.8) is 0 Å². The Hall–Kier alpha value is -2.01. The molecule has 3 aromatic rings. The SMILES string of the molecule is CCc1ccc(-c2nc3cc(OC)ccc3s2)nn1. The van der Waals surface area contributed by atoms with E-state index in [2.05, 4.69) is 22.1 Å². The number of aromatic nitrogens is 3. The molecular formula is C14H13N3OS. The average Bonchev–Trinajstić information content (AvgIpc) is 2.90. The van der Waals surface area contributed by atoms with Crippen LogP contribution >= 0.6 is 11.3 Å². The molecule has 3 rings (SSSR count). The Balaban J connectivity index is 2.04. The first kappa shape index (κ1) is 12.0. The quantitative estimate of drug-likeness (QED) is 0.733. The summed E-state index contributed by atoms with van der Waals surface area (Å²) in [5.41, 5.74) is 2.74. The maximum Gasteiger partial charge on any atom is 0.145 e. The Morgan fingerprint density at radius 1 is 1.16 bits per heavy atom. The van der Waals surface area contributed by atoms with Crippen molar-refractivity contribution in [1.82, 2.24) is 15.2 Å². The van der Waals surface area contributed by atoms with E-state index >= 15 is 0 Å². The van der Waals surface area contributed by atoms with Gasteiger partial charge in [0, 0.05) is 6.07 Å². The molecule has 0 aliphatic rings. The molecule has 2 aromatic heterocycles. The molecule has 0 fully saturated rings. The summed E-state index contributed by atoms with van der Waals surface area (Å²) in [5.74, 6) is 0.816. The lowest BCUT2D eigenvalue weighted by Crippen LogP contribution is -1.92. The van der Waals surface area contributed by atoms with E-state index in [9.17, 15) is 0 Å². The third-order valence-corrected chi connectivity index (χ3v) is 3.95. The zero-order valence-electron chi connectivity index (χ0n) is 10.8. The summed E-state index contributed by atoms with van der Waals surface area (Å²) in [4.78, 5) is 4.58. The van der Waals surface area contributed by atoms with Crippen LogP contribution in [0.2, 0.25) is 0 Å². The number of fused-ring (bicyclic) bond motifs is 1. The van der Waals surface area contributed by atoms with Crippen LogP contribution in [0, 0.1) is 0 Å². The molecule has 2 heterocycles. The summed E-state index contributed by atoms with van der Waals surface area (Å²) >= 11 is 1.61. The van der Waals surface area contributed by atoms with E-state index in [1.807, 2.05) is 30.3 Å². The van der Waals surface area contributed by atoms with Crippen molar-refractivity contribution < 1.29 is 4.74 Å². The van der Waals surface area contributed by atoms with E-state index in [1.54, 1.807) is 18.4 Å². The molecule has 0 spiro atoms. The van der Waals surface area contributed by atoms with Crippen molar-refractivity contribution >= 4 is 21.6 Å². The van der Waals surface area contributed by atoms with Gasteiger partial charge in [-0.05, 0) is 30.7 Å². The van der Waals surface area contributed by atoms with Gasteiger partial charge in [-0.3, -0.25) is 0 Å². The molecular weight excluding hydrogens is 258 g/mol. The van der Waals surface area contributed by atoms with E-state index in [0.29, 0.717) is 0 Å². The van der Waals surface area contributed by atoms with Gasteiger partial charge in [-0.15, -0.1) is 16.4 Å². The zero-order valence-corrected chi connectivity index (χ0v) is 11.6. The summed E-state index contributed by atoms with van der Waals surface area (Å²) in [6.45, 7) is 2.06. The first-order chi connectivity index (χ1) is 9.30. The normalized spacial score (nSPS) is 10.8. The van der Waals surface area contributed by atoms with Crippen molar-refractivity contribution in [2.75, 3.05) is 7.11 Å². The first-order valence-corrected chi connectivity index (χ1v) is 6.89. The Bertz CT molecular complexity index is 706. The van der Waals surface area contributed by atoms with Crippen LogP contribution < -0.4 is 4.74 Å². The van der Waals surface area contributed by atoms with Crippen LogP contribution in [0.4, 0.5) is 0 Å². The Kier molecular flexibility index (Phi) is 3.13. The fraction of sp³-hybridized carbons (Fsp3) is 0.214. The van der Waals surface area contributed by atoms with Gasteiger partial charge in [0.2, 0.25) is 0 Å². The zero-order chi connectivity index (χ0) is 13.2. The number of rotatable bonds is 3. The highest BCUT2D eigenvalue weighted by Gasteiger charge is 2.08. The number of ether oxygens (including phenoxy) is 1. The van der Waals surface area contributed by atoms with Crippen LogP contribution in [0.25, 0.3) is 20.9 Å². The van der Waals surface area contributed by atoms with Gasteiger partial charge in [0.05, 0.1) is 23.0 Å². The average molecular weight is 271 g/mol. The van der Waals surface area contributed by atoms with Crippen molar-refractivity contribution in [2.45, 2.75) is 13.3 Å². The molecule has 0 aliphatic carbocycles. The lowest BCUT2D eigenvalue weighted by molar-refractivity contribution is 0.415. The molecule has 0 aliphatic heterocycles. The van der Waals surface area contributed by atoms with Crippen molar-refractivity contribution in [1.29, 1.82) is 0 Å². The molecule has 4 nitrogen and oxygen atoms in total. The van der Waals surface area contributed by atoms with Crippen LogP contribution in [-0.4, -0.2) is 22.3 Å². The maximum atomic E-state index is 5.20. The minimum Gasteiger partial charge on any atom is -0.497 e. The largest absolute Gasteiger partial charge is 0.497 e. The van der Waals surface area contributed by atoms with Gasteiger partial charge in [-0.2, -0.15) is 5.10 Å². The number of thiazole rings is 1. The smallest absolute Gasteiger partial charge is 0.145 e. The van der Waals surface area contributed by atoms with Crippen LogP contribution in [-0.2, 0) is 6.42 Å². The molecule has 0 unspecified atom stereocenters. The highest BCUT2D eigenvalue weighted by atomic mass is 32.1. The third kappa shape index (κ3) is 2.29. The van der Waals surface area contributed by atoms with Crippen LogP contribution in [0.5, 0.6) is 5.75 Å². The lowest BCUT2D eigenvalue weighted by atomic mass is 10.3. The van der Waals surface area contributed by atoms with Gasteiger partial charge in [0.1, 0.15) is 16.5 Å². The summed E-state index contributed by atoms with van der Waals surface area (Å²) in [6, 6.07) is 9.86. The molecule has 0 bridgehead atoms. The molecule has 0 amide bonds. The molecule has 1 aromatic carbocycles. The number of methoxy groups -OCH3 is 1. The molecule has 0 atom stereocenters. The highest BCUT2D eigenvalue weighted by Crippen LogP contribution is 2.30. The Morgan fingerprint density at radius 3 is 2.74 bits per heavy atom. The summed E-state index contributed by atoms with van der Waals surface area (Å²) in [6.07, 6.45) is 0.893. The van der Waals surface area contributed by atoms with Crippen molar-refractivity contribution in [3.05, 3.63) is 36.0 Å². The molecule has 96 valence electrons. The van der Waals surface area contributed by atoms with E-state index in [4.69, 9.17) is 4.74 Å². The van der Waals surface area contributed by atoms with Gasteiger partial charge < -0.3 is 4.74 Å². The van der Waals surface area contributed by atoms with Crippen LogP contribution in [0.1, 0.15) is 12.6 Å². The number of nitrogens with zero attached hydrogens (tertiary/aromatic N) is 3. The minimum absolute atomic E-state index is 0.816. The standard InChI is InChI=1S/C14H13N3OS/c1-3-9-4-6-11(17-16-9)14-15-12-8-10(18-2)5-7-13(12)19-14/h4-8H,3H2,1-2H3. The molecule has 0 saturated carbocycles. The number of aryl methyl sites for hydroxylation is 1. The molecule has 0 N–H and O–H groups in total. The predicted octanol–water partition coefficient (Wildman–Crippen LogP) is 3.32. The second kappa shape index (κ2) is 4.93. The highest BCUT2D eigenvalue weighted by molar-refractivity contribution is 7.21. The first-order valence-electron chi connectivity index (χ1n) is 6.07. The second-order valence-electron chi connectivity index (χ2n) is 4.12. The molecule has 0 radical (unpaired) electrons.